The number of carbonyl (C=O) groups is 1. The first-order chi connectivity index (χ1) is 14.5. The Kier molecular flexibility index (Phi) is 6.32. The molecule has 1 aliphatic heterocycles. The van der Waals surface area contributed by atoms with Crippen LogP contribution in [0.15, 0.2) is 53.5 Å². The fourth-order valence-electron chi connectivity index (χ4n) is 4.78. The van der Waals surface area contributed by atoms with Gasteiger partial charge in [0, 0.05) is 21.4 Å². The van der Waals surface area contributed by atoms with Crippen molar-refractivity contribution in [1.82, 2.24) is 4.90 Å². The Morgan fingerprint density at radius 3 is 2.57 bits per heavy atom. The average molecular weight is 516 g/mol. The molecule has 1 aliphatic carbocycles. The van der Waals surface area contributed by atoms with E-state index in [9.17, 15) is 4.79 Å². The Bertz CT molecular complexity index is 936. The van der Waals surface area contributed by atoms with E-state index in [1.54, 1.807) is 0 Å². The van der Waals surface area contributed by atoms with E-state index in [-0.39, 0.29) is 12.3 Å². The van der Waals surface area contributed by atoms with Gasteiger partial charge in [-0.15, -0.1) is 0 Å². The van der Waals surface area contributed by atoms with Crippen molar-refractivity contribution in [2.24, 2.45) is 16.6 Å². The fraction of sp³-hybridized carbons (Fsp3) is 0.417. The first-order valence-corrected chi connectivity index (χ1v) is 11.8. The summed E-state index contributed by atoms with van der Waals surface area (Å²) in [4.78, 5) is 19.4. The second-order valence-corrected chi connectivity index (χ2v) is 9.86. The number of guanidine groups is 1. The summed E-state index contributed by atoms with van der Waals surface area (Å²) >= 11 is 2.31. The number of benzene rings is 2. The molecule has 6 heteroatoms. The molecule has 3 N–H and O–H groups in total. The molecule has 1 atom stereocenters. The number of anilines is 1. The van der Waals surface area contributed by atoms with Crippen molar-refractivity contribution in [3.8, 4) is 0 Å². The number of halogens is 1. The molecule has 1 heterocycles. The van der Waals surface area contributed by atoms with Crippen molar-refractivity contribution in [2.75, 3.05) is 11.9 Å². The van der Waals surface area contributed by atoms with Gasteiger partial charge in [-0.1, -0.05) is 37.5 Å². The van der Waals surface area contributed by atoms with Crippen LogP contribution in [0.1, 0.15) is 51.0 Å². The highest BCUT2D eigenvalue weighted by Gasteiger charge is 2.42. The molecule has 2 aliphatic rings. The molecule has 5 nitrogen and oxygen atoms in total. The quantitative estimate of drug-likeness (QED) is 0.525. The van der Waals surface area contributed by atoms with Crippen molar-refractivity contribution < 1.29 is 4.79 Å². The molecule has 1 amide bonds. The molecule has 0 bridgehead atoms. The summed E-state index contributed by atoms with van der Waals surface area (Å²) < 4.78 is 1.19. The van der Waals surface area contributed by atoms with Crippen LogP contribution in [0.4, 0.5) is 11.4 Å². The van der Waals surface area contributed by atoms with Crippen molar-refractivity contribution in [3.05, 3.63) is 57.7 Å². The predicted molar refractivity (Wildman–Crippen MR) is 131 cm³/mol. The van der Waals surface area contributed by atoms with Crippen LogP contribution in [0.25, 0.3) is 0 Å². The third-order valence-corrected chi connectivity index (χ3v) is 7.07. The number of nitrogens with zero attached hydrogens (tertiary/aromatic N) is 2. The minimum Gasteiger partial charge on any atom is -0.370 e. The molecule has 2 aromatic carbocycles. The summed E-state index contributed by atoms with van der Waals surface area (Å²) in [5.41, 5.74) is 8.16. The Balaban J connectivity index is 1.76. The molecule has 0 saturated heterocycles. The van der Waals surface area contributed by atoms with Crippen molar-refractivity contribution in [1.29, 1.82) is 0 Å². The first-order valence-electron chi connectivity index (χ1n) is 10.7. The summed E-state index contributed by atoms with van der Waals surface area (Å²) in [6, 6.07) is 16.4. The van der Waals surface area contributed by atoms with Crippen LogP contribution >= 0.6 is 22.6 Å². The lowest BCUT2D eigenvalue weighted by Gasteiger charge is -2.47. The van der Waals surface area contributed by atoms with Gasteiger partial charge in [-0.25, -0.2) is 4.99 Å². The lowest BCUT2D eigenvalue weighted by Crippen LogP contribution is -2.55. The summed E-state index contributed by atoms with van der Waals surface area (Å²) in [5.74, 6) is 1.10. The van der Waals surface area contributed by atoms with Crippen LogP contribution < -0.4 is 11.1 Å². The minimum atomic E-state index is -0.535. The van der Waals surface area contributed by atoms with Gasteiger partial charge in [-0.2, -0.15) is 0 Å². The Hall–Kier alpha value is -2.09. The van der Waals surface area contributed by atoms with E-state index in [1.165, 1.54) is 35.7 Å². The SMILES string of the molecule is CC1(CC(N)=O)c2ccccc2N=C(Nc2ccc(I)cc2)N1CC1CCCCC1. The Morgan fingerprint density at radius 1 is 1.17 bits per heavy atom. The third kappa shape index (κ3) is 4.48. The molecule has 1 unspecified atom stereocenters. The maximum Gasteiger partial charge on any atom is 0.220 e. The molecular weight excluding hydrogens is 487 g/mol. The van der Waals surface area contributed by atoms with Crippen LogP contribution in [0.5, 0.6) is 0 Å². The maximum atomic E-state index is 12.2. The zero-order valence-corrected chi connectivity index (χ0v) is 19.6. The summed E-state index contributed by atoms with van der Waals surface area (Å²) in [6.45, 7) is 3.00. The molecule has 1 saturated carbocycles. The van der Waals surface area contributed by atoms with Crippen LogP contribution in [-0.4, -0.2) is 23.3 Å². The fourth-order valence-corrected chi connectivity index (χ4v) is 5.14. The zero-order valence-electron chi connectivity index (χ0n) is 17.4. The van der Waals surface area contributed by atoms with E-state index in [0.717, 1.165) is 29.4 Å². The van der Waals surface area contributed by atoms with Gasteiger partial charge in [0.1, 0.15) is 0 Å². The standard InChI is InChI=1S/C24H29IN4O/c1-24(15-22(26)30)20-9-5-6-10-21(20)28-23(27-19-13-11-18(25)12-14-19)29(24)16-17-7-3-2-4-8-17/h5-6,9-14,17H,2-4,7-8,15-16H2,1H3,(H2,26,30)(H,27,28). The number of fused-ring (bicyclic) bond motifs is 1. The maximum absolute atomic E-state index is 12.2. The predicted octanol–water partition coefficient (Wildman–Crippen LogP) is 5.38. The third-order valence-electron chi connectivity index (χ3n) is 6.35. The van der Waals surface area contributed by atoms with Gasteiger partial charge < -0.3 is 16.0 Å². The van der Waals surface area contributed by atoms with E-state index >= 15 is 0 Å². The molecule has 158 valence electrons. The summed E-state index contributed by atoms with van der Waals surface area (Å²) in [7, 11) is 0. The van der Waals surface area contributed by atoms with E-state index in [1.807, 2.05) is 18.2 Å². The number of aliphatic imine (C=N–C) groups is 1. The monoisotopic (exact) mass is 516 g/mol. The van der Waals surface area contributed by atoms with Crippen molar-refractivity contribution in [2.45, 2.75) is 51.0 Å². The smallest absolute Gasteiger partial charge is 0.220 e. The number of amides is 1. The van der Waals surface area contributed by atoms with Gasteiger partial charge >= 0.3 is 0 Å². The van der Waals surface area contributed by atoms with E-state index in [2.05, 4.69) is 70.1 Å². The first kappa shape index (κ1) is 21.2. The number of nitrogens with two attached hydrogens (primary N) is 1. The average Bonchev–Trinajstić information content (AvgIpc) is 2.73. The number of primary amides is 1. The van der Waals surface area contributed by atoms with E-state index in [0.29, 0.717) is 5.92 Å². The molecule has 4 rings (SSSR count). The zero-order chi connectivity index (χ0) is 21.1. The molecule has 30 heavy (non-hydrogen) atoms. The molecule has 0 spiro atoms. The Morgan fingerprint density at radius 2 is 1.87 bits per heavy atom. The van der Waals surface area contributed by atoms with Gasteiger partial charge in [0.2, 0.25) is 11.9 Å². The number of hydrogen-bond donors (Lipinski definition) is 2. The molecular formula is C24H29IN4O. The van der Waals surface area contributed by atoms with Crippen LogP contribution in [0.2, 0.25) is 0 Å². The van der Waals surface area contributed by atoms with Crippen LogP contribution in [-0.2, 0) is 10.3 Å². The van der Waals surface area contributed by atoms with E-state index < -0.39 is 5.54 Å². The summed E-state index contributed by atoms with van der Waals surface area (Å²) in [5, 5.41) is 3.54. The summed E-state index contributed by atoms with van der Waals surface area (Å²) in [6.07, 6.45) is 6.57. The van der Waals surface area contributed by atoms with Gasteiger partial charge in [-0.05, 0) is 78.6 Å². The topological polar surface area (TPSA) is 70.7 Å². The van der Waals surface area contributed by atoms with Crippen molar-refractivity contribution in [3.63, 3.8) is 0 Å². The highest BCUT2D eigenvalue weighted by Crippen LogP contribution is 2.43. The number of hydrogen-bond acceptors (Lipinski definition) is 4. The molecule has 0 radical (unpaired) electrons. The second-order valence-electron chi connectivity index (χ2n) is 8.62. The normalized spacial score (nSPS) is 21.7. The second kappa shape index (κ2) is 8.96. The largest absolute Gasteiger partial charge is 0.370 e. The molecule has 1 fully saturated rings. The lowest BCUT2D eigenvalue weighted by atomic mass is 9.81. The van der Waals surface area contributed by atoms with Gasteiger partial charge in [0.15, 0.2) is 0 Å². The molecule has 2 aromatic rings. The van der Waals surface area contributed by atoms with E-state index in [4.69, 9.17) is 10.7 Å². The number of carbonyl (C=O) groups excluding carboxylic acids is 1. The minimum absolute atomic E-state index is 0.254. The van der Waals surface area contributed by atoms with Gasteiger partial charge in [0.25, 0.3) is 0 Å². The lowest BCUT2D eigenvalue weighted by molar-refractivity contribution is -0.120. The highest BCUT2D eigenvalue weighted by atomic mass is 127. The van der Waals surface area contributed by atoms with Crippen LogP contribution in [0.3, 0.4) is 0 Å². The molecule has 0 aromatic heterocycles. The number of nitrogens with one attached hydrogen (secondary N) is 1. The highest BCUT2D eigenvalue weighted by molar-refractivity contribution is 14.1. The number of para-hydroxylation sites is 1. The Labute approximate surface area is 192 Å². The number of rotatable bonds is 5. The van der Waals surface area contributed by atoms with Crippen molar-refractivity contribution >= 4 is 45.8 Å². The van der Waals surface area contributed by atoms with Crippen LogP contribution in [0, 0.1) is 9.49 Å². The van der Waals surface area contributed by atoms with Gasteiger partial charge in [0.05, 0.1) is 17.6 Å². The van der Waals surface area contributed by atoms with Gasteiger partial charge in [-0.3, -0.25) is 4.79 Å².